The molecular formula is C33H23N3. The largest absolute Gasteiger partial charge is 0.248 e. The summed E-state index contributed by atoms with van der Waals surface area (Å²) in [4.78, 5) is 13.9. The predicted molar refractivity (Wildman–Crippen MR) is 147 cm³/mol. The molecule has 0 aliphatic carbocycles. The minimum atomic E-state index is 0.704. The van der Waals surface area contributed by atoms with Gasteiger partial charge in [0.2, 0.25) is 0 Å². The van der Waals surface area contributed by atoms with E-state index in [4.69, 9.17) is 4.98 Å². The minimum absolute atomic E-state index is 0.704. The van der Waals surface area contributed by atoms with E-state index in [1.165, 1.54) is 11.1 Å². The molecule has 0 saturated carbocycles. The van der Waals surface area contributed by atoms with Crippen molar-refractivity contribution >= 4 is 0 Å². The molecule has 0 fully saturated rings. The zero-order chi connectivity index (χ0) is 24.2. The average Bonchev–Trinajstić information content (AvgIpc) is 2.98. The molecule has 0 aliphatic rings. The van der Waals surface area contributed by atoms with Crippen LogP contribution in [-0.2, 0) is 0 Å². The number of benzene rings is 4. The molecule has 0 atom stereocenters. The van der Waals surface area contributed by atoms with Crippen LogP contribution >= 0.6 is 0 Å². The van der Waals surface area contributed by atoms with Crippen LogP contribution in [0.2, 0.25) is 0 Å². The lowest BCUT2D eigenvalue weighted by Gasteiger charge is -2.12. The van der Waals surface area contributed by atoms with E-state index in [1.54, 1.807) is 12.4 Å². The Hall–Kier alpha value is -4.89. The van der Waals surface area contributed by atoms with E-state index in [2.05, 4.69) is 107 Å². The summed E-state index contributed by atoms with van der Waals surface area (Å²) in [5.41, 5.74) is 9.61. The molecular weight excluding hydrogens is 438 g/mol. The number of rotatable bonds is 5. The molecule has 0 bridgehead atoms. The summed E-state index contributed by atoms with van der Waals surface area (Å²) in [5.74, 6) is 0.704. The molecule has 0 amide bonds. The molecule has 0 spiro atoms. The molecule has 2 heterocycles. The van der Waals surface area contributed by atoms with E-state index in [1.807, 2.05) is 30.3 Å². The molecule has 36 heavy (non-hydrogen) atoms. The van der Waals surface area contributed by atoms with Gasteiger partial charge in [-0.2, -0.15) is 0 Å². The van der Waals surface area contributed by atoms with Crippen LogP contribution in [0.15, 0.2) is 140 Å². The third-order valence-electron chi connectivity index (χ3n) is 6.20. The third-order valence-corrected chi connectivity index (χ3v) is 6.20. The Kier molecular flexibility index (Phi) is 5.87. The highest BCUT2D eigenvalue weighted by atomic mass is 14.8. The van der Waals surface area contributed by atoms with Crippen molar-refractivity contribution in [3.05, 3.63) is 140 Å². The fraction of sp³-hybridized carbons (Fsp3) is 0. The SMILES string of the molecule is c1ccc(-c2ccc(-c3cc(-c4ccccc4)cc(-c4cccc(-c5ncccn5)c4)n3)cc2)cc1. The van der Waals surface area contributed by atoms with Gasteiger partial charge in [0.1, 0.15) is 0 Å². The van der Waals surface area contributed by atoms with Crippen LogP contribution < -0.4 is 0 Å². The predicted octanol–water partition coefficient (Wildman–Crippen LogP) is 8.21. The van der Waals surface area contributed by atoms with Crippen molar-refractivity contribution in [2.45, 2.75) is 0 Å². The molecule has 6 aromatic rings. The van der Waals surface area contributed by atoms with Crippen molar-refractivity contribution in [1.82, 2.24) is 15.0 Å². The molecule has 3 heteroatoms. The summed E-state index contributed by atoms with van der Waals surface area (Å²) in [6, 6.07) is 43.9. The highest BCUT2D eigenvalue weighted by molar-refractivity contribution is 5.78. The normalized spacial score (nSPS) is 10.8. The van der Waals surface area contributed by atoms with Crippen LogP contribution in [0.1, 0.15) is 0 Å². The van der Waals surface area contributed by atoms with E-state index >= 15 is 0 Å². The van der Waals surface area contributed by atoms with E-state index < -0.39 is 0 Å². The van der Waals surface area contributed by atoms with Crippen LogP contribution in [-0.4, -0.2) is 15.0 Å². The minimum Gasteiger partial charge on any atom is -0.248 e. The smallest absolute Gasteiger partial charge is 0.159 e. The van der Waals surface area contributed by atoms with Gasteiger partial charge in [-0.05, 0) is 46.5 Å². The molecule has 0 unspecified atom stereocenters. The summed E-state index contributed by atoms with van der Waals surface area (Å²) in [5, 5.41) is 0. The van der Waals surface area contributed by atoms with Gasteiger partial charge in [-0.25, -0.2) is 15.0 Å². The first-order valence-corrected chi connectivity index (χ1v) is 11.9. The second-order valence-corrected chi connectivity index (χ2v) is 8.59. The topological polar surface area (TPSA) is 38.7 Å². The lowest BCUT2D eigenvalue weighted by Crippen LogP contribution is -1.93. The summed E-state index contributed by atoms with van der Waals surface area (Å²) >= 11 is 0. The van der Waals surface area contributed by atoms with Gasteiger partial charge in [-0.1, -0.05) is 103 Å². The second kappa shape index (κ2) is 9.77. The standard InChI is InChI=1S/C33H23N3/c1-3-9-24(10-4-1)26-15-17-27(18-16-26)31-22-30(25-11-5-2-6-12-25)23-32(36-31)28-13-7-14-29(21-28)33-34-19-8-20-35-33/h1-23H. The van der Waals surface area contributed by atoms with Crippen molar-refractivity contribution in [1.29, 1.82) is 0 Å². The summed E-state index contributed by atoms with van der Waals surface area (Å²) in [7, 11) is 0. The molecule has 0 aliphatic heterocycles. The molecule has 3 nitrogen and oxygen atoms in total. The van der Waals surface area contributed by atoms with Gasteiger partial charge in [-0.3, -0.25) is 0 Å². The second-order valence-electron chi connectivity index (χ2n) is 8.59. The third kappa shape index (κ3) is 4.55. The van der Waals surface area contributed by atoms with Gasteiger partial charge in [0.25, 0.3) is 0 Å². The van der Waals surface area contributed by atoms with Crippen LogP contribution in [0.25, 0.3) is 56.2 Å². The van der Waals surface area contributed by atoms with E-state index in [0.29, 0.717) is 5.82 Å². The number of aromatic nitrogens is 3. The molecule has 0 radical (unpaired) electrons. The Labute approximate surface area is 210 Å². The molecule has 170 valence electrons. The van der Waals surface area contributed by atoms with Crippen molar-refractivity contribution in [3.8, 4) is 56.2 Å². The Morgan fingerprint density at radius 2 is 0.833 bits per heavy atom. The quantitative estimate of drug-likeness (QED) is 0.260. The molecule has 6 rings (SSSR count). The van der Waals surface area contributed by atoms with Crippen molar-refractivity contribution in [2.75, 3.05) is 0 Å². The van der Waals surface area contributed by atoms with Crippen LogP contribution in [0, 0.1) is 0 Å². The maximum absolute atomic E-state index is 5.10. The Bertz CT molecular complexity index is 1590. The Morgan fingerprint density at radius 1 is 0.333 bits per heavy atom. The van der Waals surface area contributed by atoms with Crippen molar-refractivity contribution in [3.63, 3.8) is 0 Å². The highest BCUT2D eigenvalue weighted by Gasteiger charge is 2.11. The molecule has 2 aromatic heterocycles. The lowest BCUT2D eigenvalue weighted by molar-refractivity contribution is 1.18. The maximum Gasteiger partial charge on any atom is 0.159 e. The summed E-state index contributed by atoms with van der Waals surface area (Å²) in [6.07, 6.45) is 3.53. The van der Waals surface area contributed by atoms with Gasteiger partial charge in [0.05, 0.1) is 11.4 Å². The lowest BCUT2D eigenvalue weighted by atomic mass is 9.98. The number of pyridine rings is 1. The summed E-state index contributed by atoms with van der Waals surface area (Å²) in [6.45, 7) is 0. The number of hydrogen-bond donors (Lipinski definition) is 0. The Balaban J connectivity index is 1.45. The van der Waals surface area contributed by atoms with Crippen molar-refractivity contribution < 1.29 is 0 Å². The van der Waals surface area contributed by atoms with Gasteiger partial charge in [0.15, 0.2) is 5.82 Å². The maximum atomic E-state index is 5.10. The molecule has 0 saturated heterocycles. The van der Waals surface area contributed by atoms with Gasteiger partial charge < -0.3 is 0 Å². The van der Waals surface area contributed by atoms with Gasteiger partial charge in [0, 0.05) is 29.1 Å². The molecule has 4 aromatic carbocycles. The van der Waals surface area contributed by atoms with Gasteiger partial charge in [-0.15, -0.1) is 0 Å². The fourth-order valence-corrected chi connectivity index (χ4v) is 4.35. The van der Waals surface area contributed by atoms with E-state index in [-0.39, 0.29) is 0 Å². The number of hydrogen-bond acceptors (Lipinski definition) is 3. The van der Waals surface area contributed by atoms with Crippen LogP contribution in [0.3, 0.4) is 0 Å². The van der Waals surface area contributed by atoms with Gasteiger partial charge >= 0.3 is 0 Å². The average molecular weight is 462 g/mol. The monoisotopic (exact) mass is 461 g/mol. The molecule has 0 N–H and O–H groups in total. The highest BCUT2D eigenvalue weighted by Crippen LogP contribution is 2.32. The Morgan fingerprint density at radius 3 is 1.50 bits per heavy atom. The zero-order valence-electron chi connectivity index (χ0n) is 19.6. The van der Waals surface area contributed by atoms with E-state index in [0.717, 1.165) is 39.2 Å². The van der Waals surface area contributed by atoms with Crippen LogP contribution in [0.4, 0.5) is 0 Å². The van der Waals surface area contributed by atoms with Crippen molar-refractivity contribution in [2.24, 2.45) is 0 Å². The summed E-state index contributed by atoms with van der Waals surface area (Å²) < 4.78 is 0. The first-order chi connectivity index (χ1) is 17.8. The first kappa shape index (κ1) is 21.6. The number of nitrogens with zero attached hydrogens (tertiary/aromatic N) is 3. The van der Waals surface area contributed by atoms with E-state index in [9.17, 15) is 0 Å². The first-order valence-electron chi connectivity index (χ1n) is 11.9. The van der Waals surface area contributed by atoms with Crippen LogP contribution in [0.5, 0.6) is 0 Å². The zero-order valence-corrected chi connectivity index (χ0v) is 19.6. The fourth-order valence-electron chi connectivity index (χ4n) is 4.35.